The molecule has 0 unspecified atom stereocenters. The summed E-state index contributed by atoms with van der Waals surface area (Å²) in [6.07, 6.45) is 5.45. The number of pyridine rings is 1. The maximum atomic E-state index is 10.5. The van der Waals surface area contributed by atoms with Gasteiger partial charge in [-0.2, -0.15) is 0 Å². The summed E-state index contributed by atoms with van der Waals surface area (Å²) in [4.78, 5) is 14.2. The van der Waals surface area contributed by atoms with Crippen molar-refractivity contribution in [2.45, 2.75) is 0 Å². The molecule has 0 aliphatic rings. The van der Waals surface area contributed by atoms with Crippen LogP contribution in [0.1, 0.15) is 11.3 Å². The minimum atomic E-state index is -0.410. The summed E-state index contributed by atoms with van der Waals surface area (Å²) in [7, 11) is 0. The molecule has 2 rings (SSSR count). The third-order valence-electron chi connectivity index (χ3n) is 2.24. The Hall–Kier alpha value is -2.49. The van der Waals surface area contributed by atoms with Crippen LogP contribution in [-0.4, -0.2) is 9.91 Å². The second-order valence-corrected chi connectivity index (χ2v) is 3.44. The molecule has 0 fully saturated rings. The van der Waals surface area contributed by atoms with Gasteiger partial charge in [-0.05, 0) is 35.9 Å². The SMILES string of the molecule is O=[N+]([O-])c1ccc(C=Cc2ccccn2)cc1. The van der Waals surface area contributed by atoms with Gasteiger partial charge in [-0.1, -0.05) is 12.1 Å². The molecule has 0 bridgehead atoms. The van der Waals surface area contributed by atoms with E-state index in [1.54, 1.807) is 18.3 Å². The minimum Gasteiger partial charge on any atom is -0.258 e. The van der Waals surface area contributed by atoms with E-state index in [0.29, 0.717) is 0 Å². The number of aromatic nitrogens is 1. The van der Waals surface area contributed by atoms with Gasteiger partial charge in [0.2, 0.25) is 0 Å². The normalized spacial score (nSPS) is 10.6. The fourth-order valence-corrected chi connectivity index (χ4v) is 1.36. The van der Waals surface area contributed by atoms with Crippen molar-refractivity contribution in [1.29, 1.82) is 0 Å². The lowest BCUT2D eigenvalue weighted by atomic mass is 10.2. The molecule has 4 nitrogen and oxygen atoms in total. The Balaban J connectivity index is 2.14. The van der Waals surface area contributed by atoms with E-state index in [2.05, 4.69) is 4.98 Å². The zero-order valence-corrected chi connectivity index (χ0v) is 8.98. The Morgan fingerprint density at radius 3 is 2.41 bits per heavy atom. The van der Waals surface area contributed by atoms with Crippen LogP contribution in [0.25, 0.3) is 12.2 Å². The van der Waals surface area contributed by atoms with Crippen LogP contribution in [0.2, 0.25) is 0 Å². The fraction of sp³-hybridized carbons (Fsp3) is 0. The van der Waals surface area contributed by atoms with Crippen LogP contribution in [0.3, 0.4) is 0 Å². The summed E-state index contributed by atoms with van der Waals surface area (Å²) in [5, 5.41) is 10.5. The van der Waals surface area contributed by atoms with E-state index in [-0.39, 0.29) is 5.69 Å². The van der Waals surface area contributed by atoms with Crippen molar-refractivity contribution in [1.82, 2.24) is 4.98 Å². The van der Waals surface area contributed by atoms with E-state index in [4.69, 9.17) is 0 Å². The van der Waals surface area contributed by atoms with Gasteiger partial charge in [-0.3, -0.25) is 15.1 Å². The van der Waals surface area contributed by atoms with E-state index < -0.39 is 4.92 Å². The number of benzene rings is 1. The first-order valence-corrected chi connectivity index (χ1v) is 5.09. The van der Waals surface area contributed by atoms with Gasteiger partial charge < -0.3 is 0 Å². The van der Waals surface area contributed by atoms with E-state index >= 15 is 0 Å². The molecule has 0 saturated carbocycles. The summed E-state index contributed by atoms with van der Waals surface area (Å²) >= 11 is 0. The van der Waals surface area contributed by atoms with Crippen molar-refractivity contribution in [3.63, 3.8) is 0 Å². The standard InChI is InChI=1S/C13H10N2O2/c16-15(17)13-8-5-11(6-9-13)4-7-12-3-1-2-10-14-12/h1-10H. The Morgan fingerprint density at radius 2 is 1.82 bits per heavy atom. The van der Waals surface area contributed by atoms with Crippen LogP contribution in [-0.2, 0) is 0 Å². The van der Waals surface area contributed by atoms with Gasteiger partial charge in [-0.25, -0.2) is 0 Å². The van der Waals surface area contributed by atoms with Gasteiger partial charge in [0.05, 0.1) is 10.6 Å². The largest absolute Gasteiger partial charge is 0.269 e. The molecule has 1 aromatic heterocycles. The molecule has 0 radical (unpaired) electrons. The minimum absolute atomic E-state index is 0.0972. The van der Waals surface area contributed by atoms with Gasteiger partial charge in [0.15, 0.2) is 0 Å². The zero-order chi connectivity index (χ0) is 12.1. The molecule has 4 heteroatoms. The third-order valence-corrected chi connectivity index (χ3v) is 2.24. The first-order chi connectivity index (χ1) is 8.25. The molecule has 0 amide bonds. The summed E-state index contributed by atoms with van der Waals surface area (Å²) < 4.78 is 0. The van der Waals surface area contributed by atoms with E-state index in [1.807, 2.05) is 30.4 Å². The average molecular weight is 226 g/mol. The van der Waals surface area contributed by atoms with Crippen LogP contribution in [0.5, 0.6) is 0 Å². The van der Waals surface area contributed by atoms with Crippen LogP contribution in [0.15, 0.2) is 48.7 Å². The highest BCUT2D eigenvalue weighted by molar-refractivity contribution is 5.68. The van der Waals surface area contributed by atoms with Gasteiger partial charge in [0, 0.05) is 18.3 Å². The second-order valence-electron chi connectivity index (χ2n) is 3.44. The fourth-order valence-electron chi connectivity index (χ4n) is 1.36. The van der Waals surface area contributed by atoms with Crippen molar-refractivity contribution < 1.29 is 4.92 Å². The van der Waals surface area contributed by atoms with E-state index in [0.717, 1.165) is 11.3 Å². The number of nitrogens with zero attached hydrogens (tertiary/aromatic N) is 2. The monoisotopic (exact) mass is 226 g/mol. The first kappa shape index (κ1) is 11.0. The highest BCUT2D eigenvalue weighted by Gasteiger charge is 2.01. The Bertz CT molecular complexity index is 533. The number of non-ortho nitro benzene ring substituents is 1. The molecule has 0 atom stereocenters. The average Bonchev–Trinajstić information content (AvgIpc) is 2.38. The third kappa shape index (κ3) is 2.98. The lowest BCUT2D eigenvalue weighted by molar-refractivity contribution is -0.384. The van der Waals surface area contributed by atoms with Crippen molar-refractivity contribution in [3.8, 4) is 0 Å². The summed E-state index contributed by atoms with van der Waals surface area (Å²) in [6, 6.07) is 12.0. The van der Waals surface area contributed by atoms with E-state index in [1.165, 1.54) is 12.1 Å². The molecule has 84 valence electrons. The van der Waals surface area contributed by atoms with Gasteiger partial charge in [0.1, 0.15) is 0 Å². The number of hydrogen-bond acceptors (Lipinski definition) is 3. The summed E-state index contributed by atoms with van der Waals surface area (Å²) in [5.41, 5.74) is 1.85. The zero-order valence-electron chi connectivity index (χ0n) is 8.98. The number of rotatable bonds is 3. The number of nitro benzene ring substituents is 1. The molecule has 0 aliphatic heterocycles. The smallest absolute Gasteiger partial charge is 0.258 e. The topological polar surface area (TPSA) is 56.0 Å². The van der Waals surface area contributed by atoms with Crippen molar-refractivity contribution in [2.24, 2.45) is 0 Å². The predicted octanol–water partition coefficient (Wildman–Crippen LogP) is 3.16. The lowest BCUT2D eigenvalue weighted by Crippen LogP contribution is -1.86. The van der Waals surface area contributed by atoms with Gasteiger partial charge in [-0.15, -0.1) is 0 Å². The van der Waals surface area contributed by atoms with Crippen molar-refractivity contribution >= 4 is 17.8 Å². The summed E-state index contributed by atoms with van der Waals surface area (Å²) in [5.74, 6) is 0. The number of nitro groups is 1. The predicted molar refractivity (Wildman–Crippen MR) is 66.3 cm³/mol. The summed E-state index contributed by atoms with van der Waals surface area (Å²) in [6.45, 7) is 0. The quantitative estimate of drug-likeness (QED) is 0.596. The molecule has 0 saturated heterocycles. The lowest BCUT2D eigenvalue weighted by Gasteiger charge is -1.94. The Kier molecular flexibility index (Phi) is 3.25. The highest BCUT2D eigenvalue weighted by Crippen LogP contribution is 2.13. The van der Waals surface area contributed by atoms with Crippen molar-refractivity contribution in [3.05, 3.63) is 70.0 Å². The van der Waals surface area contributed by atoms with Gasteiger partial charge >= 0.3 is 0 Å². The maximum absolute atomic E-state index is 10.5. The molecule has 1 heterocycles. The maximum Gasteiger partial charge on any atom is 0.269 e. The van der Waals surface area contributed by atoms with Crippen LogP contribution in [0, 0.1) is 10.1 Å². The van der Waals surface area contributed by atoms with E-state index in [9.17, 15) is 10.1 Å². The van der Waals surface area contributed by atoms with Crippen molar-refractivity contribution in [2.75, 3.05) is 0 Å². The molecular formula is C13H10N2O2. The van der Waals surface area contributed by atoms with Gasteiger partial charge in [0.25, 0.3) is 5.69 Å². The molecule has 0 aliphatic carbocycles. The first-order valence-electron chi connectivity index (χ1n) is 5.09. The second kappa shape index (κ2) is 5.03. The molecule has 0 spiro atoms. The number of hydrogen-bond donors (Lipinski definition) is 0. The molecule has 17 heavy (non-hydrogen) atoms. The molecule has 1 aromatic carbocycles. The molecule has 2 aromatic rings. The van der Waals surface area contributed by atoms with Crippen LogP contribution in [0.4, 0.5) is 5.69 Å². The molecule has 0 N–H and O–H groups in total. The Morgan fingerprint density at radius 1 is 1.06 bits per heavy atom. The van der Waals surface area contributed by atoms with Crippen LogP contribution < -0.4 is 0 Å². The molecular weight excluding hydrogens is 216 g/mol. The highest BCUT2D eigenvalue weighted by atomic mass is 16.6. The van der Waals surface area contributed by atoms with Crippen LogP contribution >= 0.6 is 0 Å². The Labute approximate surface area is 98.4 Å².